The van der Waals surface area contributed by atoms with Crippen molar-refractivity contribution in [1.29, 1.82) is 0 Å². The summed E-state index contributed by atoms with van der Waals surface area (Å²) in [6.45, 7) is 1.39. The highest BCUT2D eigenvalue weighted by molar-refractivity contribution is 8.22. The number of rotatable bonds is 4. The monoisotopic (exact) mass is 317 g/mol. The Morgan fingerprint density at radius 1 is 0.864 bits per heavy atom. The van der Waals surface area contributed by atoms with Gasteiger partial charge in [-0.05, 0) is 36.0 Å². The lowest BCUT2D eigenvalue weighted by atomic mass is 10.0. The minimum absolute atomic E-state index is 0.511. The van der Waals surface area contributed by atoms with E-state index in [0.29, 0.717) is 12.3 Å². The average molecular weight is 317 g/mol. The summed E-state index contributed by atoms with van der Waals surface area (Å²) in [6, 6.07) is 18.8. The second-order valence-electron chi connectivity index (χ2n) is 5.89. The molecule has 0 spiro atoms. The van der Waals surface area contributed by atoms with Crippen LogP contribution in [0.5, 0.6) is 0 Å². The molecule has 2 aromatic carbocycles. The zero-order valence-electron chi connectivity index (χ0n) is 12.7. The molecule has 3 nitrogen and oxygen atoms in total. The summed E-state index contributed by atoms with van der Waals surface area (Å²) >= 11 is 0. The molecule has 0 atom stereocenters. The zero-order valence-corrected chi connectivity index (χ0v) is 13.5. The fourth-order valence-electron chi connectivity index (χ4n) is 2.91. The third kappa shape index (κ3) is 3.90. The van der Waals surface area contributed by atoms with Crippen molar-refractivity contribution in [1.82, 2.24) is 4.31 Å². The first-order chi connectivity index (χ1) is 10.6. The van der Waals surface area contributed by atoms with Crippen LogP contribution in [0.3, 0.4) is 0 Å². The van der Waals surface area contributed by atoms with E-state index in [1.54, 1.807) is 0 Å². The zero-order chi connectivity index (χ0) is 15.4. The number of nitrogens with zero attached hydrogens (tertiary/aromatic N) is 1. The van der Waals surface area contributed by atoms with Crippen LogP contribution in [-0.2, 0) is 13.0 Å². The molecule has 1 saturated heterocycles. The van der Waals surface area contributed by atoms with Crippen LogP contribution in [0.4, 0.5) is 0 Å². The van der Waals surface area contributed by atoms with Gasteiger partial charge in [-0.1, -0.05) is 54.6 Å². The molecule has 22 heavy (non-hydrogen) atoms. The first-order valence-corrected chi connectivity index (χ1v) is 9.43. The molecule has 2 aromatic rings. The molecule has 4 heteroatoms. The van der Waals surface area contributed by atoms with Gasteiger partial charge >= 0.3 is 0 Å². The molecule has 0 aliphatic carbocycles. The summed E-state index contributed by atoms with van der Waals surface area (Å²) in [5, 5.41) is 0. The predicted octanol–water partition coefficient (Wildman–Crippen LogP) is 4.54. The van der Waals surface area contributed by atoms with Crippen LogP contribution < -0.4 is 0 Å². The summed E-state index contributed by atoms with van der Waals surface area (Å²) in [5.41, 5.74) is 3.70. The van der Waals surface area contributed by atoms with Crippen LogP contribution in [-0.4, -0.2) is 25.7 Å². The summed E-state index contributed by atoms with van der Waals surface area (Å²) in [7, 11) is -2.56. The SMILES string of the molecule is OS1(O)CCCCN1Cc1cccc(Cc2ccccc2)c1. The predicted molar refractivity (Wildman–Crippen MR) is 93.0 cm³/mol. The third-order valence-electron chi connectivity index (χ3n) is 4.09. The summed E-state index contributed by atoms with van der Waals surface area (Å²) in [5.74, 6) is 0.511. The Morgan fingerprint density at radius 2 is 1.59 bits per heavy atom. The molecule has 1 heterocycles. The Balaban J connectivity index is 1.71. The van der Waals surface area contributed by atoms with Gasteiger partial charge in [-0.3, -0.25) is 9.11 Å². The first kappa shape index (κ1) is 15.6. The Bertz CT molecular complexity index is 615. The van der Waals surface area contributed by atoms with Gasteiger partial charge in [-0.25, -0.2) is 4.31 Å². The molecular weight excluding hydrogens is 294 g/mol. The van der Waals surface area contributed by atoms with E-state index in [2.05, 4.69) is 48.5 Å². The van der Waals surface area contributed by atoms with Gasteiger partial charge in [0.2, 0.25) is 0 Å². The largest absolute Gasteiger partial charge is 0.285 e. The van der Waals surface area contributed by atoms with E-state index in [0.717, 1.165) is 31.4 Å². The fourth-order valence-corrected chi connectivity index (χ4v) is 4.54. The normalized spacial score (nSPS) is 19.7. The van der Waals surface area contributed by atoms with Crippen LogP contribution in [0.2, 0.25) is 0 Å². The standard InChI is InChI=1S/C18H23NO2S/c20-22(21)12-5-4-11-19(22)15-18-10-6-9-17(14-18)13-16-7-2-1-3-8-16/h1-3,6-10,14,20-21H,4-5,11-13,15H2. The highest BCUT2D eigenvalue weighted by atomic mass is 32.3. The van der Waals surface area contributed by atoms with E-state index < -0.39 is 10.8 Å². The Labute approximate surface area is 134 Å². The Hall–Kier alpha value is -1.33. The molecule has 1 aliphatic heterocycles. The van der Waals surface area contributed by atoms with Gasteiger partial charge in [0, 0.05) is 13.1 Å². The van der Waals surface area contributed by atoms with E-state index in [9.17, 15) is 9.11 Å². The minimum atomic E-state index is -2.56. The van der Waals surface area contributed by atoms with Crippen molar-refractivity contribution in [3.05, 3.63) is 71.3 Å². The molecule has 0 amide bonds. The quantitative estimate of drug-likeness (QED) is 0.870. The molecule has 0 saturated carbocycles. The molecule has 118 valence electrons. The lowest BCUT2D eigenvalue weighted by Crippen LogP contribution is -2.33. The van der Waals surface area contributed by atoms with Crippen molar-refractivity contribution in [2.45, 2.75) is 25.8 Å². The highest BCUT2D eigenvalue weighted by Crippen LogP contribution is 2.47. The summed E-state index contributed by atoms with van der Waals surface area (Å²) in [6.07, 6.45) is 2.86. The van der Waals surface area contributed by atoms with Gasteiger partial charge in [0.1, 0.15) is 0 Å². The van der Waals surface area contributed by atoms with Crippen molar-refractivity contribution in [2.24, 2.45) is 0 Å². The lowest BCUT2D eigenvalue weighted by Gasteiger charge is -2.46. The number of benzene rings is 2. The van der Waals surface area contributed by atoms with Gasteiger partial charge in [-0.15, -0.1) is 10.8 Å². The van der Waals surface area contributed by atoms with Crippen LogP contribution in [0, 0.1) is 0 Å². The van der Waals surface area contributed by atoms with E-state index in [4.69, 9.17) is 0 Å². The summed E-state index contributed by atoms with van der Waals surface area (Å²) in [4.78, 5) is 0. The van der Waals surface area contributed by atoms with Crippen LogP contribution in [0.25, 0.3) is 0 Å². The molecule has 0 radical (unpaired) electrons. The maximum Gasteiger partial charge on any atom is 0.0531 e. The van der Waals surface area contributed by atoms with Gasteiger partial charge in [0.15, 0.2) is 0 Å². The molecule has 1 fully saturated rings. The third-order valence-corrected chi connectivity index (χ3v) is 6.07. The van der Waals surface area contributed by atoms with E-state index in [1.807, 2.05) is 10.4 Å². The molecule has 0 bridgehead atoms. The molecular formula is C18H23NO2S. The minimum Gasteiger partial charge on any atom is -0.285 e. The molecule has 1 aliphatic rings. The van der Waals surface area contributed by atoms with E-state index in [-0.39, 0.29) is 0 Å². The second kappa shape index (κ2) is 6.84. The van der Waals surface area contributed by atoms with Crippen molar-refractivity contribution < 1.29 is 9.11 Å². The Kier molecular flexibility index (Phi) is 4.84. The van der Waals surface area contributed by atoms with E-state index in [1.165, 1.54) is 11.1 Å². The molecule has 3 rings (SSSR count). The topological polar surface area (TPSA) is 43.7 Å². The molecule has 2 N–H and O–H groups in total. The van der Waals surface area contributed by atoms with Crippen molar-refractivity contribution in [3.8, 4) is 0 Å². The second-order valence-corrected chi connectivity index (χ2v) is 8.08. The Morgan fingerprint density at radius 3 is 2.36 bits per heavy atom. The number of hydrogen-bond acceptors (Lipinski definition) is 3. The molecule has 0 aromatic heterocycles. The highest BCUT2D eigenvalue weighted by Gasteiger charge is 2.26. The maximum absolute atomic E-state index is 10.2. The van der Waals surface area contributed by atoms with Crippen LogP contribution >= 0.6 is 10.8 Å². The smallest absolute Gasteiger partial charge is 0.0531 e. The fraction of sp³-hybridized carbons (Fsp3) is 0.333. The van der Waals surface area contributed by atoms with Crippen molar-refractivity contribution >= 4 is 10.8 Å². The molecule has 0 unspecified atom stereocenters. The van der Waals surface area contributed by atoms with Gasteiger partial charge in [0.05, 0.1) is 5.75 Å². The van der Waals surface area contributed by atoms with Gasteiger partial charge in [0.25, 0.3) is 0 Å². The van der Waals surface area contributed by atoms with Gasteiger partial charge < -0.3 is 0 Å². The van der Waals surface area contributed by atoms with Crippen molar-refractivity contribution in [2.75, 3.05) is 12.3 Å². The van der Waals surface area contributed by atoms with Crippen LogP contribution in [0.15, 0.2) is 54.6 Å². The first-order valence-electron chi connectivity index (χ1n) is 7.76. The van der Waals surface area contributed by atoms with E-state index >= 15 is 0 Å². The number of hydrogen-bond donors (Lipinski definition) is 2. The average Bonchev–Trinajstić information content (AvgIpc) is 2.51. The lowest BCUT2D eigenvalue weighted by molar-refractivity contribution is 0.318. The van der Waals surface area contributed by atoms with Crippen LogP contribution in [0.1, 0.15) is 29.5 Å². The maximum atomic E-state index is 10.2. The van der Waals surface area contributed by atoms with Gasteiger partial charge in [-0.2, -0.15) is 0 Å². The summed E-state index contributed by atoms with van der Waals surface area (Å²) < 4.78 is 22.2. The van der Waals surface area contributed by atoms with Crippen molar-refractivity contribution in [3.63, 3.8) is 0 Å².